The predicted molar refractivity (Wildman–Crippen MR) is 84.2 cm³/mol. The number of amides is 1. The van der Waals surface area contributed by atoms with E-state index in [9.17, 15) is 4.79 Å². The fourth-order valence-corrected chi connectivity index (χ4v) is 2.90. The number of carbonyl (C=O) groups excluding carboxylic acids is 1. The number of carbonyl (C=O) groups is 1. The molecule has 1 aliphatic rings. The smallest absolute Gasteiger partial charge is 0.255 e. The van der Waals surface area contributed by atoms with Gasteiger partial charge in [-0.25, -0.2) is 0 Å². The number of aryl methyl sites for hydroxylation is 1. The molecule has 1 fully saturated rings. The summed E-state index contributed by atoms with van der Waals surface area (Å²) in [6.07, 6.45) is 3.83. The van der Waals surface area contributed by atoms with Crippen LogP contribution in [0, 0.1) is 6.92 Å². The van der Waals surface area contributed by atoms with Gasteiger partial charge in [-0.1, -0.05) is 6.92 Å². The highest BCUT2D eigenvalue weighted by Gasteiger charge is 2.25. The minimum Gasteiger partial charge on any atom is -0.336 e. The molecule has 0 radical (unpaired) electrons. The molecule has 2 rings (SSSR count). The molecule has 1 saturated heterocycles. The van der Waals surface area contributed by atoms with Gasteiger partial charge in [-0.3, -0.25) is 14.7 Å². The summed E-state index contributed by atoms with van der Waals surface area (Å²) >= 11 is 0. The summed E-state index contributed by atoms with van der Waals surface area (Å²) in [5, 5.41) is 0. The van der Waals surface area contributed by atoms with Crippen molar-refractivity contribution in [3.05, 3.63) is 29.6 Å². The van der Waals surface area contributed by atoms with Crippen molar-refractivity contribution in [2.75, 3.05) is 32.7 Å². The van der Waals surface area contributed by atoms with Crippen molar-refractivity contribution < 1.29 is 4.79 Å². The van der Waals surface area contributed by atoms with E-state index in [1.807, 2.05) is 24.0 Å². The second-order valence-electron chi connectivity index (χ2n) is 5.66. The number of hydrogen-bond acceptors (Lipinski definition) is 4. The molecule has 2 heterocycles. The standard InChI is InChI=1S/C16H26N4O/c1-3-15(6-7-17)19-8-10-20(11-9-19)16(21)14-5-4-13(2)18-12-14/h4-5,12,15H,3,6-11,17H2,1-2H3. The molecule has 1 unspecified atom stereocenters. The minimum atomic E-state index is 0.0917. The van der Waals surface area contributed by atoms with E-state index in [0.29, 0.717) is 11.6 Å². The first-order chi connectivity index (χ1) is 10.2. The van der Waals surface area contributed by atoms with Gasteiger partial charge in [0.25, 0.3) is 5.91 Å². The Hall–Kier alpha value is -1.46. The molecular weight excluding hydrogens is 264 g/mol. The van der Waals surface area contributed by atoms with Gasteiger partial charge in [0.1, 0.15) is 0 Å². The first-order valence-electron chi connectivity index (χ1n) is 7.81. The summed E-state index contributed by atoms with van der Waals surface area (Å²) in [4.78, 5) is 21.0. The van der Waals surface area contributed by atoms with Gasteiger partial charge in [-0.05, 0) is 38.4 Å². The van der Waals surface area contributed by atoms with Gasteiger partial charge in [0.05, 0.1) is 5.56 Å². The van der Waals surface area contributed by atoms with Gasteiger partial charge in [-0.15, -0.1) is 0 Å². The van der Waals surface area contributed by atoms with E-state index < -0.39 is 0 Å². The molecule has 21 heavy (non-hydrogen) atoms. The monoisotopic (exact) mass is 290 g/mol. The van der Waals surface area contributed by atoms with E-state index >= 15 is 0 Å². The summed E-state index contributed by atoms with van der Waals surface area (Å²) in [5.41, 5.74) is 7.29. The topological polar surface area (TPSA) is 62.5 Å². The van der Waals surface area contributed by atoms with Gasteiger partial charge in [0.2, 0.25) is 0 Å². The minimum absolute atomic E-state index is 0.0917. The van der Waals surface area contributed by atoms with Crippen LogP contribution in [-0.2, 0) is 0 Å². The molecule has 5 heteroatoms. The van der Waals surface area contributed by atoms with Crippen LogP contribution in [0.5, 0.6) is 0 Å². The Morgan fingerprint density at radius 1 is 1.33 bits per heavy atom. The molecule has 2 N–H and O–H groups in total. The van der Waals surface area contributed by atoms with Crippen LogP contribution in [-0.4, -0.2) is 59.5 Å². The highest BCUT2D eigenvalue weighted by atomic mass is 16.2. The van der Waals surface area contributed by atoms with Crippen molar-refractivity contribution in [3.8, 4) is 0 Å². The first-order valence-corrected chi connectivity index (χ1v) is 7.81. The van der Waals surface area contributed by atoms with E-state index in [1.54, 1.807) is 6.20 Å². The largest absolute Gasteiger partial charge is 0.336 e. The SMILES string of the molecule is CCC(CCN)N1CCN(C(=O)c2ccc(C)nc2)CC1. The van der Waals surface area contributed by atoms with Gasteiger partial charge in [-0.2, -0.15) is 0 Å². The average Bonchev–Trinajstić information content (AvgIpc) is 2.53. The maximum Gasteiger partial charge on any atom is 0.255 e. The summed E-state index contributed by atoms with van der Waals surface area (Å²) in [7, 11) is 0. The fraction of sp³-hybridized carbons (Fsp3) is 0.625. The second kappa shape index (κ2) is 7.52. The van der Waals surface area contributed by atoms with Crippen molar-refractivity contribution in [2.24, 2.45) is 5.73 Å². The number of nitrogens with two attached hydrogens (primary N) is 1. The lowest BCUT2D eigenvalue weighted by atomic mass is 10.1. The third kappa shape index (κ3) is 4.02. The molecule has 0 saturated carbocycles. The number of pyridine rings is 1. The van der Waals surface area contributed by atoms with E-state index in [0.717, 1.165) is 51.3 Å². The van der Waals surface area contributed by atoms with Crippen LogP contribution in [0.4, 0.5) is 0 Å². The van der Waals surface area contributed by atoms with E-state index in [4.69, 9.17) is 5.73 Å². The zero-order valence-electron chi connectivity index (χ0n) is 13.1. The molecule has 0 bridgehead atoms. The van der Waals surface area contributed by atoms with Gasteiger partial charge in [0, 0.05) is 44.1 Å². The third-order valence-electron chi connectivity index (χ3n) is 4.25. The van der Waals surface area contributed by atoms with Crippen LogP contribution in [0.15, 0.2) is 18.3 Å². The van der Waals surface area contributed by atoms with Gasteiger partial charge in [0.15, 0.2) is 0 Å². The van der Waals surface area contributed by atoms with Crippen molar-refractivity contribution in [2.45, 2.75) is 32.7 Å². The van der Waals surface area contributed by atoms with Crippen molar-refractivity contribution in [1.82, 2.24) is 14.8 Å². The number of hydrogen-bond donors (Lipinski definition) is 1. The van der Waals surface area contributed by atoms with Crippen molar-refractivity contribution in [1.29, 1.82) is 0 Å². The maximum atomic E-state index is 12.4. The molecule has 0 spiro atoms. The van der Waals surface area contributed by atoms with E-state index in [-0.39, 0.29) is 5.91 Å². The quantitative estimate of drug-likeness (QED) is 0.887. The normalized spacial score (nSPS) is 17.8. The van der Waals surface area contributed by atoms with Crippen molar-refractivity contribution in [3.63, 3.8) is 0 Å². The van der Waals surface area contributed by atoms with Gasteiger partial charge < -0.3 is 10.6 Å². The summed E-state index contributed by atoms with van der Waals surface area (Å²) in [6, 6.07) is 4.30. The summed E-state index contributed by atoms with van der Waals surface area (Å²) in [6.45, 7) is 8.30. The average molecular weight is 290 g/mol. The Labute approximate surface area is 127 Å². The van der Waals surface area contributed by atoms with Crippen LogP contribution in [0.1, 0.15) is 35.8 Å². The Balaban J connectivity index is 1.91. The predicted octanol–water partition coefficient (Wildman–Crippen LogP) is 1.28. The Bertz CT molecular complexity index is 452. The van der Waals surface area contributed by atoms with Crippen LogP contribution >= 0.6 is 0 Å². The molecule has 1 aliphatic heterocycles. The fourth-order valence-electron chi connectivity index (χ4n) is 2.90. The number of nitrogens with zero attached hydrogens (tertiary/aromatic N) is 3. The molecular formula is C16H26N4O. The molecule has 0 aliphatic carbocycles. The lowest BCUT2D eigenvalue weighted by Crippen LogP contribution is -2.52. The van der Waals surface area contributed by atoms with E-state index in [2.05, 4.69) is 16.8 Å². The number of rotatable bonds is 5. The van der Waals surface area contributed by atoms with E-state index in [1.165, 1.54) is 0 Å². The Kier molecular flexibility index (Phi) is 5.70. The molecule has 1 aromatic heterocycles. The Morgan fingerprint density at radius 3 is 2.57 bits per heavy atom. The van der Waals surface area contributed by atoms with Crippen molar-refractivity contribution >= 4 is 5.91 Å². The molecule has 0 aromatic carbocycles. The van der Waals surface area contributed by atoms with Crippen LogP contribution < -0.4 is 5.73 Å². The second-order valence-corrected chi connectivity index (χ2v) is 5.66. The van der Waals surface area contributed by atoms with Gasteiger partial charge >= 0.3 is 0 Å². The molecule has 116 valence electrons. The molecule has 5 nitrogen and oxygen atoms in total. The maximum absolute atomic E-state index is 12.4. The third-order valence-corrected chi connectivity index (χ3v) is 4.25. The lowest BCUT2D eigenvalue weighted by Gasteiger charge is -2.39. The highest BCUT2D eigenvalue weighted by Crippen LogP contribution is 2.14. The lowest BCUT2D eigenvalue weighted by molar-refractivity contribution is 0.0556. The molecule has 1 atom stereocenters. The van der Waals surface area contributed by atoms with Crippen LogP contribution in [0.2, 0.25) is 0 Å². The Morgan fingerprint density at radius 2 is 2.05 bits per heavy atom. The number of aromatic nitrogens is 1. The van der Waals surface area contributed by atoms with Crippen LogP contribution in [0.25, 0.3) is 0 Å². The number of piperazine rings is 1. The van der Waals surface area contributed by atoms with Crippen LogP contribution in [0.3, 0.4) is 0 Å². The zero-order chi connectivity index (χ0) is 15.2. The first kappa shape index (κ1) is 15.9. The molecule has 1 aromatic rings. The zero-order valence-corrected chi connectivity index (χ0v) is 13.1. The summed E-state index contributed by atoms with van der Waals surface area (Å²) in [5.74, 6) is 0.0917. The highest BCUT2D eigenvalue weighted by molar-refractivity contribution is 5.94. The summed E-state index contributed by atoms with van der Waals surface area (Å²) < 4.78 is 0. The molecule has 1 amide bonds.